The summed E-state index contributed by atoms with van der Waals surface area (Å²) in [5.41, 5.74) is 0. The van der Waals surface area contributed by atoms with E-state index in [9.17, 15) is 12.8 Å². The van der Waals surface area contributed by atoms with Crippen molar-refractivity contribution in [3.05, 3.63) is 28.5 Å². The van der Waals surface area contributed by atoms with E-state index in [1.807, 2.05) is 0 Å². The van der Waals surface area contributed by atoms with Gasteiger partial charge in [-0.05, 0) is 30.5 Å². The number of aliphatic hydroxyl groups is 1. The minimum atomic E-state index is -3.80. The lowest BCUT2D eigenvalue weighted by atomic mass is 10.1. The van der Waals surface area contributed by atoms with E-state index in [0.717, 1.165) is 6.07 Å². The molecule has 1 aromatic carbocycles. The van der Waals surface area contributed by atoms with Crippen LogP contribution in [0.2, 0.25) is 0 Å². The number of hydrogen-bond acceptors (Lipinski definition) is 3. The fourth-order valence-electron chi connectivity index (χ4n) is 1.99. The smallest absolute Gasteiger partial charge is 0.245 e. The Hall–Kier alpha value is -0.500. The van der Waals surface area contributed by atoms with Gasteiger partial charge in [-0.2, -0.15) is 4.31 Å². The number of sulfonamides is 1. The quantitative estimate of drug-likeness (QED) is 0.911. The van der Waals surface area contributed by atoms with Crippen molar-refractivity contribution < 1.29 is 17.9 Å². The predicted molar refractivity (Wildman–Crippen MR) is 68.1 cm³/mol. The van der Waals surface area contributed by atoms with Gasteiger partial charge >= 0.3 is 0 Å². The summed E-state index contributed by atoms with van der Waals surface area (Å²) in [5, 5.41) is 9.01. The highest BCUT2D eigenvalue weighted by molar-refractivity contribution is 9.10. The van der Waals surface area contributed by atoms with Gasteiger partial charge in [0.1, 0.15) is 10.7 Å². The summed E-state index contributed by atoms with van der Waals surface area (Å²) < 4.78 is 39.8. The second-order valence-corrected chi connectivity index (χ2v) is 7.10. The molecule has 0 aromatic heterocycles. The SMILES string of the molecule is O=S(=O)(c1ccc(Br)cc1F)N1CC[C@@H](CO)C1. The van der Waals surface area contributed by atoms with E-state index in [1.54, 1.807) is 0 Å². The minimum absolute atomic E-state index is 0.0468. The molecule has 0 spiro atoms. The average Bonchev–Trinajstić information content (AvgIpc) is 2.77. The third-order valence-corrected chi connectivity index (χ3v) is 5.41. The van der Waals surface area contributed by atoms with Crippen LogP contribution in [0.5, 0.6) is 0 Å². The molecule has 1 aromatic rings. The lowest BCUT2D eigenvalue weighted by Crippen LogP contribution is -2.30. The molecule has 1 heterocycles. The van der Waals surface area contributed by atoms with E-state index in [4.69, 9.17) is 5.11 Å². The van der Waals surface area contributed by atoms with Crippen molar-refractivity contribution in [1.29, 1.82) is 0 Å². The van der Waals surface area contributed by atoms with Gasteiger partial charge in [-0.15, -0.1) is 0 Å². The zero-order valence-corrected chi connectivity index (χ0v) is 11.9. The molecule has 0 bridgehead atoms. The molecule has 1 aliphatic heterocycles. The first kappa shape index (κ1) is 13.9. The first-order chi connectivity index (χ1) is 8.45. The summed E-state index contributed by atoms with van der Waals surface area (Å²) in [6, 6.07) is 3.88. The number of nitrogens with zero attached hydrogens (tertiary/aromatic N) is 1. The van der Waals surface area contributed by atoms with Crippen molar-refractivity contribution in [3.63, 3.8) is 0 Å². The van der Waals surface area contributed by atoms with Crippen LogP contribution in [0.4, 0.5) is 4.39 Å². The van der Waals surface area contributed by atoms with Crippen molar-refractivity contribution in [2.24, 2.45) is 5.92 Å². The van der Waals surface area contributed by atoms with E-state index >= 15 is 0 Å². The van der Waals surface area contributed by atoms with Gasteiger partial charge in [-0.25, -0.2) is 12.8 Å². The van der Waals surface area contributed by atoms with Crippen molar-refractivity contribution in [2.75, 3.05) is 19.7 Å². The monoisotopic (exact) mass is 337 g/mol. The standard InChI is InChI=1S/C11H13BrFNO3S/c12-9-1-2-11(10(13)5-9)18(16,17)14-4-3-8(6-14)7-15/h1-2,5,8,15H,3-4,6-7H2/t8-/m1/s1. The van der Waals surface area contributed by atoms with Crippen LogP contribution >= 0.6 is 15.9 Å². The molecule has 0 radical (unpaired) electrons. The molecule has 0 unspecified atom stereocenters. The first-order valence-electron chi connectivity index (χ1n) is 5.51. The number of benzene rings is 1. The zero-order valence-electron chi connectivity index (χ0n) is 9.51. The summed E-state index contributed by atoms with van der Waals surface area (Å²) in [5.74, 6) is -0.824. The van der Waals surface area contributed by atoms with Crippen molar-refractivity contribution in [2.45, 2.75) is 11.3 Å². The maximum atomic E-state index is 13.7. The Balaban J connectivity index is 2.31. The Morgan fingerprint density at radius 1 is 1.50 bits per heavy atom. The van der Waals surface area contributed by atoms with Crippen LogP contribution in [0, 0.1) is 11.7 Å². The molecule has 1 atom stereocenters. The zero-order chi connectivity index (χ0) is 13.3. The highest BCUT2D eigenvalue weighted by Crippen LogP contribution is 2.27. The van der Waals surface area contributed by atoms with Gasteiger partial charge in [0.15, 0.2) is 0 Å². The molecular weight excluding hydrogens is 325 g/mol. The van der Waals surface area contributed by atoms with Crippen LogP contribution in [0.25, 0.3) is 0 Å². The van der Waals surface area contributed by atoms with E-state index in [0.29, 0.717) is 17.4 Å². The summed E-state index contributed by atoms with van der Waals surface area (Å²) in [6.07, 6.45) is 0.605. The van der Waals surface area contributed by atoms with Gasteiger partial charge in [0, 0.05) is 24.2 Å². The highest BCUT2D eigenvalue weighted by atomic mass is 79.9. The van der Waals surface area contributed by atoms with Crippen LogP contribution in [0.1, 0.15) is 6.42 Å². The number of rotatable bonds is 3. The average molecular weight is 338 g/mol. The third-order valence-electron chi connectivity index (χ3n) is 3.02. The van der Waals surface area contributed by atoms with Gasteiger partial charge in [-0.3, -0.25) is 0 Å². The summed E-state index contributed by atoms with van der Waals surface area (Å²) in [6.45, 7) is 0.520. The lowest BCUT2D eigenvalue weighted by Gasteiger charge is -2.16. The molecule has 1 aliphatic rings. The van der Waals surface area contributed by atoms with Crippen LogP contribution in [-0.2, 0) is 10.0 Å². The lowest BCUT2D eigenvalue weighted by molar-refractivity contribution is 0.233. The Labute approximate surface area is 114 Å². The summed E-state index contributed by atoms with van der Waals surface area (Å²) in [4.78, 5) is -0.315. The van der Waals surface area contributed by atoms with E-state index < -0.39 is 15.8 Å². The Bertz CT molecular complexity index is 549. The molecular formula is C11H13BrFNO3S. The fourth-order valence-corrected chi connectivity index (χ4v) is 3.90. The van der Waals surface area contributed by atoms with Gasteiger partial charge in [0.25, 0.3) is 0 Å². The van der Waals surface area contributed by atoms with E-state index in [1.165, 1.54) is 16.4 Å². The van der Waals surface area contributed by atoms with Crippen LogP contribution in [0.15, 0.2) is 27.6 Å². The van der Waals surface area contributed by atoms with Crippen LogP contribution < -0.4 is 0 Å². The summed E-state index contributed by atoms with van der Waals surface area (Å²) >= 11 is 3.09. The molecule has 1 fully saturated rings. The molecule has 1 N–H and O–H groups in total. The highest BCUT2D eigenvalue weighted by Gasteiger charge is 2.33. The van der Waals surface area contributed by atoms with Crippen LogP contribution in [0.3, 0.4) is 0 Å². The molecule has 1 saturated heterocycles. The van der Waals surface area contributed by atoms with E-state index in [-0.39, 0.29) is 24.0 Å². The Morgan fingerprint density at radius 2 is 2.22 bits per heavy atom. The maximum Gasteiger partial charge on any atom is 0.245 e. The third kappa shape index (κ3) is 2.59. The first-order valence-corrected chi connectivity index (χ1v) is 7.74. The molecule has 0 aliphatic carbocycles. The number of hydrogen-bond donors (Lipinski definition) is 1. The normalized spacial score (nSPS) is 21.4. The van der Waals surface area contributed by atoms with Gasteiger partial charge in [0.05, 0.1) is 0 Å². The van der Waals surface area contributed by atoms with Gasteiger partial charge in [0.2, 0.25) is 10.0 Å². The molecule has 100 valence electrons. The summed E-state index contributed by atoms with van der Waals surface area (Å²) in [7, 11) is -3.80. The molecule has 18 heavy (non-hydrogen) atoms. The molecule has 2 rings (SSSR count). The Morgan fingerprint density at radius 3 is 2.78 bits per heavy atom. The molecule has 7 heteroatoms. The van der Waals surface area contributed by atoms with Gasteiger partial charge in [-0.1, -0.05) is 15.9 Å². The molecule has 0 saturated carbocycles. The Kier molecular flexibility index (Phi) is 4.05. The number of aliphatic hydroxyl groups excluding tert-OH is 1. The van der Waals surface area contributed by atoms with Crippen molar-refractivity contribution in [1.82, 2.24) is 4.31 Å². The number of halogens is 2. The van der Waals surface area contributed by atoms with Crippen LogP contribution in [-0.4, -0.2) is 37.5 Å². The maximum absolute atomic E-state index is 13.7. The second kappa shape index (κ2) is 5.24. The van der Waals surface area contributed by atoms with E-state index in [2.05, 4.69) is 15.9 Å². The largest absolute Gasteiger partial charge is 0.396 e. The fraction of sp³-hybridized carbons (Fsp3) is 0.455. The minimum Gasteiger partial charge on any atom is -0.396 e. The van der Waals surface area contributed by atoms with Crippen molar-refractivity contribution >= 4 is 26.0 Å². The molecule has 4 nitrogen and oxygen atoms in total. The second-order valence-electron chi connectivity index (χ2n) is 4.28. The topological polar surface area (TPSA) is 57.6 Å². The van der Waals surface area contributed by atoms with Gasteiger partial charge < -0.3 is 5.11 Å². The molecule has 0 amide bonds. The predicted octanol–water partition coefficient (Wildman–Crippen LogP) is 1.59. The van der Waals surface area contributed by atoms with Crippen molar-refractivity contribution in [3.8, 4) is 0 Å².